The Morgan fingerprint density at radius 3 is 3.00 bits per heavy atom. The van der Waals surface area contributed by atoms with Crippen molar-refractivity contribution in [1.29, 1.82) is 0 Å². The zero-order valence-corrected chi connectivity index (χ0v) is 11.2. The number of anilines is 1. The summed E-state index contributed by atoms with van der Waals surface area (Å²) in [6.07, 6.45) is 4.01. The number of fused-ring (bicyclic) bond motifs is 1. The number of phenolic OH excluding ortho intramolecular Hbond substituents is 1. The van der Waals surface area contributed by atoms with Crippen LogP contribution in [0.1, 0.15) is 19.8 Å². The fraction of sp³-hybridized carbons (Fsp3) is 0.400. The fourth-order valence-electron chi connectivity index (χ4n) is 1.89. The molecule has 4 nitrogen and oxygen atoms in total. The van der Waals surface area contributed by atoms with Gasteiger partial charge in [0.1, 0.15) is 11.6 Å². The van der Waals surface area contributed by atoms with Crippen LogP contribution in [-0.2, 0) is 4.74 Å². The third-order valence-electron chi connectivity index (χ3n) is 2.93. The zero-order chi connectivity index (χ0) is 13.5. The first-order chi connectivity index (χ1) is 9.31. The van der Waals surface area contributed by atoms with Crippen LogP contribution in [0, 0.1) is 0 Å². The molecule has 0 spiro atoms. The summed E-state index contributed by atoms with van der Waals surface area (Å²) < 4.78 is 5.49. The van der Waals surface area contributed by atoms with Crippen molar-refractivity contribution < 1.29 is 9.84 Å². The standard InChI is InChI=1S/C15H20N2O2/c1-2-3-9-19-10-8-17-15-14-11-13(18)5-4-12(14)6-7-16-15/h4-7,11,18H,2-3,8-10H2,1H3,(H,16,17). The molecule has 0 aliphatic rings. The molecule has 0 atom stereocenters. The van der Waals surface area contributed by atoms with Crippen molar-refractivity contribution in [3.05, 3.63) is 30.5 Å². The van der Waals surface area contributed by atoms with Crippen LogP contribution in [0.15, 0.2) is 30.5 Å². The molecule has 2 aromatic rings. The van der Waals surface area contributed by atoms with Crippen molar-refractivity contribution in [3.8, 4) is 5.75 Å². The molecule has 0 saturated heterocycles. The molecule has 4 heteroatoms. The molecule has 19 heavy (non-hydrogen) atoms. The lowest BCUT2D eigenvalue weighted by Gasteiger charge is -2.09. The van der Waals surface area contributed by atoms with Crippen molar-refractivity contribution in [2.75, 3.05) is 25.1 Å². The van der Waals surface area contributed by atoms with Gasteiger partial charge >= 0.3 is 0 Å². The molecule has 0 saturated carbocycles. The smallest absolute Gasteiger partial charge is 0.134 e. The van der Waals surface area contributed by atoms with Gasteiger partial charge in [0.25, 0.3) is 0 Å². The second-order valence-corrected chi connectivity index (χ2v) is 4.46. The Bertz CT molecular complexity index is 529. The van der Waals surface area contributed by atoms with Crippen LogP contribution in [0.4, 0.5) is 5.82 Å². The van der Waals surface area contributed by atoms with Crippen LogP contribution in [0.5, 0.6) is 5.75 Å². The topological polar surface area (TPSA) is 54.4 Å². The lowest BCUT2D eigenvalue weighted by Crippen LogP contribution is -2.11. The van der Waals surface area contributed by atoms with Crippen LogP contribution in [0.2, 0.25) is 0 Å². The first-order valence-corrected chi connectivity index (χ1v) is 6.70. The largest absolute Gasteiger partial charge is 0.508 e. The number of unbranched alkanes of at least 4 members (excludes halogenated alkanes) is 1. The highest BCUT2D eigenvalue weighted by atomic mass is 16.5. The van der Waals surface area contributed by atoms with Gasteiger partial charge in [-0.3, -0.25) is 0 Å². The molecule has 0 bridgehead atoms. The average Bonchev–Trinajstić information content (AvgIpc) is 2.43. The molecule has 0 radical (unpaired) electrons. The quantitative estimate of drug-likeness (QED) is 0.751. The van der Waals surface area contributed by atoms with Crippen molar-refractivity contribution in [2.45, 2.75) is 19.8 Å². The molecule has 2 rings (SSSR count). The summed E-state index contributed by atoms with van der Waals surface area (Å²) in [5, 5.41) is 14.8. The highest BCUT2D eigenvalue weighted by Gasteiger charge is 2.02. The van der Waals surface area contributed by atoms with Gasteiger partial charge < -0.3 is 15.2 Å². The number of nitrogens with zero attached hydrogens (tertiary/aromatic N) is 1. The van der Waals surface area contributed by atoms with E-state index in [0.717, 1.165) is 36.0 Å². The molecule has 0 aliphatic heterocycles. The highest BCUT2D eigenvalue weighted by molar-refractivity contribution is 5.92. The SMILES string of the molecule is CCCCOCCNc1nccc2ccc(O)cc12. The molecule has 102 valence electrons. The van der Waals surface area contributed by atoms with E-state index < -0.39 is 0 Å². The van der Waals surface area contributed by atoms with E-state index in [1.54, 1.807) is 18.3 Å². The van der Waals surface area contributed by atoms with Crippen molar-refractivity contribution >= 4 is 16.6 Å². The first kappa shape index (κ1) is 13.6. The van der Waals surface area contributed by atoms with Gasteiger partial charge in [0.2, 0.25) is 0 Å². The van der Waals surface area contributed by atoms with E-state index in [2.05, 4.69) is 17.2 Å². The van der Waals surface area contributed by atoms with Gasteiger partial charge in [-0.25, -0.2) is 4.98 Å². The third kappa shape index (κ3) is 3.83. The van der Waals surface area contributed by atoms with Gasteiger partial charge in [0, 0.05) is 24.7 Å². The van der Waals surface area contributed by atoms with E-state index in [1.165, 1.54) is 0 Å². The van der Waals surface area contributed by atoms with E-state index in [-0.39, 0.29) is 5.75 Å². The number of ether oxygens (including phenoxy) is 1. The van der Waals surface area contributed by atoms with Crippen LogP contribution in [0.25, 0.3) is 10.8 Å². The Hall–Kier alpha value is -1.81. The summed E-state index contributed by atoms with van der Waals surface area (Å²) in [7, 11) is 0. The van der Waals surface area contributed by atoms with Crippen LogP contribution < -0.4 is 5.32 Å². The Kier molecular flexibility index (Phi) is 4.98. The lowest BCUT2D eigenvalue weighted by atomic mass is 10.1. The van der Waals surface area contributed by atoms with Crippen molar-refractivity contribution in [2.24, 2.45) is 0 Å². The number of rotatable bonds is 7. The van der Waals surface area contributed by atoms with Gasteiger partial charge in [0.05, 0.1) is 6.61 Å². The van der Waals surface area contributed by atoms with Gasteiger partial charge in [-0.1, -0.05) is 19.4 Å². The number of benzene rings is 1. The molecule has 1 aromatic carbocycles. The summed E-state index contributed by atoms with van der Waals surface area (Å²) in [5.74, 6) is 1.04. The monoisotopic (exact) mass is 260 g/mol. The first-order valence-electron chi connectivity index (χ1n) is 6.70. The van der Waals surface area contributed by atoms with E-state index in [1.807, 2.05) is 12.1 Å². The number of nitrogens with one attached hydrogen (secondary N) is 1. The molecular weight excluding hydrogens is 240 g/mol. The minimum atomic E-state index is 0.253. The maximum absolute atomic E-state index is 9.54. The summed E-state index contributed by atoms with van der Waals surface area (Å²) in [6.45, 7) is 4.33. The van der Waals surface area contributed by atoms with Crippen LogP contribution in [-0.4, -0.2) is 29.8 Å². The Morgan fingerprint density at radius 2 is 2.16 bits per heavy atom. The van der Waals surface area contributed by atoms with Gasteiger partial charge in [-0.05, 0) is 30.0 Å². The molecular formula is C15H20N2O2. The maximum Gasteiger partial charge on any atom is 0.134 e. The number of phenols is 1. The summed E-state index contributed by atoms with van der Waals surface area (Å²) in [4.78, 5) is 4.30. The molecule has 0 aliphatic carbocycles. The van der Waals surface area contributed by atoms with E-state index in [4.69, 9.17) is 4.74 Å². The predicted octanol–water partition coefficient (Wildman–Crippen LogP) is 3.17. The van der Waals surface area contributed by atoms with Gasteiger partial charge in [0.15, 0.2) is 0 Å². The number of aromatic nitrogens is 1. The van der Waals surface area contributed by atoms with Gasteiger partial charge in [-0.15, -0.1) is 0 Å². The summed E-state index contributed by atoms with van der Waals surface area (Å²) in [6, 6.07) is 7.22. The molecule has 1 heterocycles. The number of aromatic hydroxyl groups is 1. The second-order valence-electron chi connectivity index (χ2n) is 4.46. The molecule has 0 unspecified atom stereocenters. The number of pyridine rings is 1. The zero-order valence-electron chi connectivity index (χ0n) is 11.2. The normalized spacial score (nSPS) is 10.8. The Labute approximate surface area is 113 Å². The van der Waals surface area contributed by atoms with E-state index in [9.17, 15) is 5.11 Å². The lowest BCUT2D eigenvalue weighted by molar-refractivity contribution is 0.141. The van der Waals surface area contributed by atoms with Crippen LogP contribution >= 0.6 is 0 Å². The summed E-state index contributed by atoms with van der Waals surface area (Å²) in [5.41, 5.74) is 0. The van der Waals surface area contributed by atoms with Crippen molar-refractivity contribution in [1.82, 2.24) is 4.98 Å². The third-order valence-corrected chi connectivity index (χ3v) is 2.93. The maximum atomic E-state index is 9.54. The number of hydrogen-bond donors (Lipinski definition) is 2. The van der Waals surface area contributed by atoms with Crippen molar-refractivity contribution in [3.63, 3.8) is 0 Å². The Morgan fingerprint density at radius 1 is 1.26 bits per heavy atom. The second kappa shape index (κ2) is 6.95. The molecule has 0 amide bonds. The summed E-state index contributed by atoms with van der Waals surface area (Å²) >= 11 is 0. The Balaban J connectivity index is 1.95. The van der Waals surface area contributed by atoms with Gasteiger partial charge in [-0.2, -0.15) is 0 Å². The van der Waals surface area contributed by atoms with E-state index >= 15 is 0 Å². The minimum absolute atomic E-state index is 0.253. The number of hydrogen-bond acceptors (Lipinski definition) is 4. The van der Waals surface area contributed by atoms with E-state index in [0.29, 0.717) is 13.2 Å². The highest BCUT2D eigenvalue weighted by Crippen LogP contribution is 2.24. The minimum Gasteiger partial charge on any atom is -0.508 e. The predicted molar refractivity (Wildman–Crippen MR) is 77.6 cm³/mol. The molecule has 1 aromatic heterocycles. The fourth-order valence-corrected chi connectivity index (χ4v) is 1.89. The average molecular weight is 260 g/mol. The molecule has 0 fully saturated rings. The molecule has 2 N–H and O–H groups in total. The van der Waals surface area contributed by atoms with Crippen LogP contribution in [0.3, 0.4) is 0 Å².